The quantitative estimate of drug-likeness (QED) is 0.594. The first-order valence-electron chi connectivity index (χ1n) is 6.43. The highest BCUT2D eigenvalue weighted by Gasteiger charge is 2.25. The van der Waals surface area contributed by atoms with Crippen molar-refractivity contribution in [3.63, 3.8) is 0 Å². The van der Waals surface area contributed by atoms with E-state index < -0.39 is 0 Å². The van der Waals surface area contributed by atoms with Gasteiger partial charge in [0.05, 0.1) is 4.92 Å². The predicted octanol–water partition coefficient (Wildman–Crippen LogP) is 3.49. The van der Waals surface area contributed by atoms with Crippen molar-refractivity contribution in [3.05, 3.63) is 33.9 Å². The molecule has 2 rings (SSSR count). The summed E-state index contributed by atoms with van der Waals surface area (Å²) in [6.45, 7) is 8.42. The van der Waals surface area contributed by atoms with Crippen LogP contribution in [0.25, 0.3) is 0 Å². The molecule has 0 N–H and O–H groups in total. The Morgan fingerprint density at radius 1 is 1.22 bits per heavy atom. The molecule has 0 saturated carbocycles. The second-order valence-corrected chi connectivity index (χ2v) is 5.90. The molecule has 0 spiro atoms. The summed E-state index contributed by atoms with van der Waals surface area (Å²) >= 11 is 0. The Morgan fingerprint density at radius 2 is 1.83 bits per heavy atom. The first kappa shape index (κ1) is 12.9. The fourth-order valence-corrected chi connectivity index (χ4v) is 2.47. The zero-order valence-electron chi connectivity index (χ0n) is 11.3. The van der Waals surface area contributed by atoms with Gasteiger partial charge in [0.1, 0.15) is 0 Å². The highest BCUT2D eigenvalue weighted by atomic mass is 16.6. The van der Waals surface area contributed by atoms with Crippen LogP contribution in [0.4, 0.5) is 11.4 Å². The van der Waals surface area contributed by atoms with Crippen molar-refractivity contribution in [2.24, 2.45) is 0 Å². The van der Waals surface area contributed by atoms with E-state index in [1.165, 1.54) is 12.8 Å². The molecule has 0 radical (unpaired) electrons. The molecule has 1 aromatic rings. The normalized spacial score (nSPS) is 16.1. The van der Waals surface area contributed by atoms with Crippen LogP contribution in [0.2, 0.25) is 0 Å². The third-order valence-electron chi connectivity index (χ3n) is 3.45. The molecule has 4 heteroatoms. The Morgan fingerprint density at radius 3 is 2.33 bits per heavy atom. The van der Waals surface area contributed by atoms with Gasteiger partial charge in [-0.05, 0) is 29.9 Å². The highest BCUT2D eigenvalue weighted by Crippen LogP contribution is 2.36. The van der Waals surface area contributed by atoms with E-state index in [9.17, 15) is 10.1 Å². The van der Waals surface area contributed by atoms with Gasteiger partial charge in [0.2, 0.25) is 0 Å². The average Bonchev–Trinajstić information content (AvgIpc) is 2.80. The standard InChI is InChI=1S/C14H20N2O2/c1-14(2,3)12-10-11(16(17)18)6-7-13(12)15-8-4-5-9-15/h6-7,10H,4-5,8-9H2,1-3H3. The number of benzene rings is 1. The monoisotopic (exact) mass is 248 g/mol. The van der Waals surface area contributed by atoms with Crippen molar-refractivity contribution >= 4 is 11.4 Å². The smallest absolute Gasteiger partial charge is 0.269 e. The van der Waals surface area contributed by atoms with Crippen molar-refractivity contribution in [1.82, 2.24) is 0 Å². The van der Waals surface area contributed by atoms with Crippen molar-refractivity contribution in [2.45, 2.75) is 39.0 Å². The molecule has 4 nitrogen and oxygen atoms in total. The number of anilines is 1. The van der Waals surface area contributed by atoms with Crippen LogP contribution in [-0.2, 0) is 5.41 Å². The second kappa shape index (κ2) is 4.59. The minimum absolute atomic E-state index is 0.0794. The number of nitrogens with zero attached hydrogens (tertiary/aromatic N) is 2. The van der Waals surface area contributed by atoms with Crippen molar-refractivity contribution in [3.8, 4) is 0 Å². The third kappa shape index (κ3) is 2.47. The Balaban J connectivity index is 2.48. The first-order chi connectivity index (χ1) is 8.39. The van der Waals surface area contributed by atoms with E-state index in [-0.39, 0.29) is 16.0 Å². The summed E-state index contributed by atoms with van der Waals surface area (Å²) in [4.78, 5) is 12.9. The van der Waals surface area contributed by atoms with Crippen LogP contribution >= 0.6 is 0 Å². The Bertz CT molecular complexity index is 457. The zero-order valence-corrected chi connectivity index (χ0v) is 11.3. The Kier molecular flexibility index (Phi) is 3.28. The highest BCUT2D eigenvalue weighted by molar-refractivity contribution is 5.60. The van der Waals surface area contributed by atoms with Gasteiger partial charge in [-0.2, -0.15) is 0 Å². The topological polar surface area (TPSA) is 46.4 Å². The van der Waals surface area contributed by atoms with Gasteiger partial charge in [0.15, 0.2) is 0 Å². The maximum Gasteiger partial charge on any atom is 0.269 e. The van der Waals surface area contributed by atoms with E-state index in [2.05, 4.69) is 25.7 Å². The summed E-state index contributed by atoms with van der Waals surface area (Å²) in [5.41, 5.74) is 2.33. The number of hydrogen-bond donors (Lipinski definition) is 0. The first-order valence-corrected chi connectivity index (χ1v) is 6.43. The number of hydrogen-bond acceptors (Lipinski definition) is 3. The van der Waals surface area contributed by atoms with E-state index >= 15 is 0 Å². The number of rotatable bonds is 2. The molecule has 0 atom stereocenters. The van der Waals surface area contributed by atoms with Crippen molar-refractivity contribution in [2.75, 3.05) is 18.0 Å². The molecule has 1 heterocycles. The molecule has 0 unspecified atom stereocenters. The molecule has 1 aliphatic heterocycles. The molecule has 1 aromatic carbocycles. The summed E-state index contributed by atoms with van der Waals surface area (Å²) in [7, 11) is 0. The van der Waals surface area contributed by atoms with Gasteiger partial charge in [-0.25, -0.2) is 0 Å². The summed E-state index contributed by atoms with van der Waals surface area (Å²) < 4.78 is 0. The molecule has 0 bridgehead atoms. The molecule has 1 fully saturated rings. The van der Waals surface area contributed by atoms with Gasteiger partial charge in [-0.3, -0.25) is 10.1 Å². The lowest BCUT2D eigenvalue weighted by atomic mass is 9.85. The molecule has 0 amide bonds. The average molecular weight is 248 g/mol. The largest absolute Gasteiger partial charge is 0.371 e. The molecule has 1 aliphatic rings. The van der Waals surface area contributed by atoms with Crippen LogP contribution in [0.3, 0.4) is 0 Å². The van der Waals surface area contributed by atoms with Crippen molar-refractivity contribution < 1.29 is 4.92 Å². The lowest BCUT2D eigenvalue weighted by molar-refractivity contribution is -0.384. The molecule has 0 aliphatic carbocycles. The minimum Gasteiger partial charge on any atom is -0.371 e. The second-order valence-electron chi connectivity index (χ2n) is 5.90. The fraction of sp³-hybridized carbons (Fsp3) is 0.571. The van der Waals surface area contributed by atoms with Crippen LogP contribution < -0.4 is 4.90 Å². The molecular weight excluding hydrogens is 228 g/mol. The predicted molar refractivity (Wildman–Crippen MR) is 73.2 cm³/mol. The molecule has 1 saturated heterocycles. The van der Waals surface area contributed by atoms with Gasteiger partial charge in [0.25, 0.3) is 5.69 Å². The van der Waals surface area contributed by atoms with Gasteiger partial charge in [-0.1, -0.05) is 20.8 Å². The van der Waals surface area contributed by atoms with E-state index in [1.807, 2.05) is 6.07 Å². The Labute approximate surface area is 108 Å². The molecule has 0 aromatic heterocycles. The van der Waals surface area contributed by atoms with Crippen LogP contribution in [0.15, 0.2) is 18.2 Å². The summed E-state index contributed by atoms with van der Waals surface area (Å²) in [6, 6.07) is 5.25. The summed E-state index contributed by atoms with van der Waals surface area (Å²) in [6.07, 6.45) is 2.42. The third-order valence-corrected chi connectivity index (χ3v) is 3.45. The lowest BCUT2D eigenvalue weighted by Gasteiger charge is -2.28. The molecular formula is C14H20N2O2. The van der Waals surface area contributed by atoms with E-state index in [0.717, 1.165) is 24.3 Å². The summed E-state index contributed by atoms with van der Waals surface area (Å²) in [5, 5.41) is 10.9. The Hall–Kier alpha value is -1.58. The lowest BCUT2D eigenvalue weighted by Crippen LogP contribution is -2.23. The van der Waals surface area contributed by atoms with Crippen LogP contribution in [0, 0.1) is 10.1 Å². The SMILES string of the molecule is CC(C)(C)c1cc([N+](=O)[O-])ccc1N1CCCC1. The number of nitro groups is 1. The number of non-ortho nitro benzene ring substituents is 1. The maximum atomic E-state index is 10.9. The fourth-order valence-electron chi connectivity index (χ4n) is 2.47. The van der Waals surface area contributed by atoms with E-state index in [1.54, 1.807) is 12.1 Å². The van der Waals surface area contributed by atoms with Gasteiger partial charge in [-0.15, -0.1) is 0 Å². The van der Waals surface area contributed by atoms with Crippen LogP contribution in [0.1, 0.15) is 39.2 Å². The summed E-state index contributed by atoms with van der Waals surface area (Å²) in [5.74, 6) is 0. The van der Waals surface area contributed by atoms with Crippen LogP contribution in [0.5, 0.6) is 0 Å². The number of nitro benzene ring substituents is 1. The van der Waals surface area contributed by atoms with Gasteiger partial charge >= 0.3 is 0 Å². The molecule has 18 heavy (non-hydrogen) atoms. The molecule has 98 valence electrons. The van der Waals surface area contributed by atoms with Crippen LogP contribution in [-0.4, -0.2) is 18.0 Å². The van der Waals surface area contributed by atoms with Gasteiger partial charge < -0.3 is 4.90 Å². The van der Waals surface area contributed by atoms with E-state index in [0.29, 0.717) is 0 Å². The minimum atomic E-state index is -0.316. The van der Waals surface area contributed by atoms with Crippen molar-refractivity contribution in [1.29, 1.82) is 0 Å². The maximum absolute atomic E-state index is 10.9. The van der Waals surface area contributed by atoms with E-state index in [4.69, 9.17) is 0 Å². The van der Waals surface area contributed by atoms with Gasteiger partial charge in [0, 0.05) is 30.9 Å². The zero-order chi connectivity index (χ0) is 13.3.